The predicted molar refractivity (Wildman–Crippen MR) is 145 cm³/mol. The van der Waals surface area contributed by atoms with Crippen molar-refractivity contribution in [2.24, 2.45) is 5.92 Å². The summed E-state index contributed by atoms with van der Waals surface area (Å²) < 4.78 is 35.0. The van der Waals surface area contributed by atoms with Crippen LogP contribution >= 0.6 is 0 Å². The molecule has 1 aliphatic heterocycles. The second-order valence-corrected chi connectivity index (χ2v) is 10.2. The normalized spacial score (nSPS) is 17.0. The van der Waals surface area contributed by atoms with Crippen LogP contribution in [0.25, 0.3) is 0 Å². The molecular weight excluding hydrogens is 506 g/mol. The summed E-state index contributed by atoms with van der Waals surface area (Å²) >= 11 is 0. The topological polar surface area (TPSA) is 115 Å². The fourth-order valence-electron chi connectivity index (χ4n) is 5.32. The maximum atomic E-state index is 15.3. The van der Waals surface area contributed by atoms with Crippen molar-refractivity contribution in [1.82, 2.24) is 4.90 Å². The molecule has 1 saturated carbocycles. The first-order chi connectivity index (χ1) is 18.8. The third-order valence-electron chi connectivity index (χ3n) is 7.62. The molecule has 4 rings (SSSR count). The highest BCUT2D eigenvalue weighted by Gasteiger charge is 2.27. The third-order valence-corrected chi connectivity index (χ3v) is 7.62. The number of rotatable bonds is 8. The Balaban J connectivity index is 1.64. The first kappa shape index (κ1) is 28.5. The highest BCUT2D eigenvalue weighted by Crippen LogP contribution is 2.33. The zero-order chi connectivity index (χ0) is 27.9. The van der Waals surface area contributed by atoms with Crippen LogP contribution in [-0.4, -0.2) is 40.4 Å². The largest absolute Gasteiger partial charge is 0.490 e. The molecule has 39 heavy (non-hydrogen) atoms. The molecule has 8 nitrogen and oxygen atoms in total. The molecule has 3 amide bonds. The highest BCUT2D eigenvalue weighted by atomic mass is 19.1. The molecule has 0 spiro atoms. The summed E-state index contributed by atoms with van der Waals surface area (Å²) in [4.78, 5) is 27.5. The van der Waals surface area contributed by atoms with E-state index >= 15 is 4.39 Å². The number of piperidine rings is 1. The molecule has 1 atom stereocenters. The van der Waals surface area contributed by atoms with Gasteiger partial charge in [0, 0.05) is 30.3 Å². The second-order valence-electron chi connectivity index (χ2n) is 10.2. The standard InChI is InChI=1S/C29H36F2N4O4/c1-18(19-8-3-2-4-9-19)39-26-15-25(34-29(38)35-13-6-5-12-27(35)32)23(31)14-21(26)28(37)33-24-11-7-10-20(16-30)22(24)17-36/h7,10-11,14-15,18-19,32,36H,2-6,8-9,12-13,16-17H2,1H3,(H,33,37)(H,34,38). The van der Waals surface area contributed by atoms with Crippen LogP contribution in [0.4, 0.5) is 25.0 Å². The minimum absolute atomic E-state index is 0.0894. The summed E-state index contributed by atoms with van der Waals surface area (Å²) in [6, 6.07) is 6.31. The number of alkyl halides is 1. The van der Waals surface area contributed by atoms with Gasteiger partial charge in [0.1, 0.15) is 24.1 Å². The lowest BCUT2D eigenvalue weighted by Gasteiger charge is -2.29. The number of halogens is 2. The highest BCUT2D eigenvalue weighted by molar-refractivity contribution is 6.08. The van der Waals surface area contributed by atoms with Crippen LogP contribution in [0.5, 0.6) is 5.75 Å². The van der Waals surface area contributed by atoms with E-state index in [4.69, 9.17) is 10.1 Å². The molecule has 1 heterocycles. The first-order valence-electron chi connectivity index (χ1n) is 13.6. The van der Waals surface area contributed by atoms with E-state index in [1.165, 1.54) is 29.5 Å². The number of nitrogens with zero attached hydrogens (tertiary/aromatic N) is 1. The quantitative estimate of drug-likeness (QED) is 0.310. The summed E-state index contributed by atoms with van der Waals surface area (Å²) in [5.41, 5.74) is 0.444. The lowest BCUT2D eigenvalue weighted by atomic mass is 9.86. The summed E-state index contributed by atoms with van der Waals surface area (Å²) in [5, 5.41) is 23.0. The lowest BCUT2D eigenvalue weighted by Crippen LogP contribution is -2.42. The number of hydrogen-bond acceptors (Lipinski definition) is 5. The Morgan fingerprint density at radius 2 is 1.90 bits per heavy atom. The van der Waals surface area contributed by atoms with Gasteiger partial charge < -0.3 is 20.5 Å². The van der Waals surface area contributed by atoms with Gasteiger partial charge in [0.2, 0.25) is 0 Å². The van der Waals surface area contributed by atoms with Crippen molar-refractivity contribution >= 4 is 29.1 Å². The lowest BCUT2D eigenvalue weighted by molar-refractivity contribution is 0.0997. The van der Waals surface area contributed by atoms with Crippen LogP contribution in [0.2, 0.25) is 0 Å². The van der Waals surface area contributed by atoms with Gasteiger partial charge in [-0.25, -0.2) is 13.6 Å². The van der Waals surface area contributed by atoms with Gasteiger partial charge >= 0.3 is 6.03 Å². The Hall–Kier alpha value is -3.53. The van der Waals surface area contributed by atoms with Crippen LogP contribution in [0.3, 0.4) is 0 Å². The Morgan fingerprint density at radius 1 is 1.13 bits per heavy atom. The molecule has 1 aliphatic carbocycles. The van der Waals surface area contributed by atoms with Crippen LogP contribution in [-0.2, 0) is 13.3 Å². The van der Waals surface area contributed by atoms with Crippen molar-refractivity contribution in [3.8, 4) is 5.75 Å². The van der Waals surface area contributed by atoms with Gasteiger partial charge in [-0.05, 0) is 56.2 Å². The number of nitrogens with one attached hydrogen (secondary N) is 3. The van der Waals surface area contributed by atoms with Crippen molar-refractivity contribution in [2.75, 3.05) is 17.2 Å². The number of amides is 3. The van der Waals surface area contributed by atoms with Crippen molar-refractivity contribution < 1.29 is 28.2 Å². The molecule has 0 aromatic heterocycles. The smallest absolute Gasteiger partial charge is 0.327 e. The van der Waals surface area contributed by atoms with E-state index in [1.807, 2.05) is 6.92 Å². The molecule has 2 aliphatic rings. The molecule has 210 valence electrons. The number of likely N-dealkylation sites (tertiary alicyclic amines) is 1. The summed E-state index contributed by atoms with van der Waals surface area (Å²) in [6.45, 7) is 0.996. The van der Waals surface area contributed by atoms with E-state index in [9.17, 15) is 19.1 Å². The monoisotopic (exact) mass is 542 g/mol. The Labute approximate surface area is 227 Å². The third kappa shape index (κ3) is 6.73. The number of urea groups is 1. The zero-order valence-electron chi connectivity index (χ0n) is 22.2. The van der Waals surface area contributed by atoms with Gasteiger partial charge in [-0.1, -0.05) is 31.4 Å². The van der Waals surface area contributed by atoms with Gasteiger partial charge in [-0.3, -0.25) is 15.1 Å². The van der Waals surface area contributed by atoms with E-state index in [1.54, 1.807) is 6.07 Å². The van der Waals surface area contributed by atoms with Crippen LogP contribution in [0.1, 0.15) is 79.8 Å². The van der Waals surface area contributed by atoms with Crippen molar-refractivity contribution in [3.05, 3.63) is 52.8 Å². The summed E-state index contributed by atoms with van der Waals surface area (Å²) in [6.07, 6.45) is 7.11. The maximum absolute atomic E-state index is 15.3. The fraction of sp³-hybridized carbons (Fsp3) is 0.483. The molecule has 0 radical (unpaired) electrons. The Kier molecular flexibility index (Phi) is 9.50. The van der Waals surface area contributed by atoms with Gasteiger partial charge in [0.05, 0.1) is 24.0 Å². The molecule has 2 aromatic carbocycles. The maximum Gasteiger partial charge on any atom is 0.327 e. The van der Waals surface area contributed by atoms with Crippen LogP contribution in [0.15, 0.2) is 30.3 Å². The SMILES string of the molecule is CC(Oc1cc(NC(=O)N2CCCCC2=N)c(F)cc1C(=O)Nc1cccc(CF)c1CO)C1CCCCC1. The van der Waals surface area contributed by atoms with E-state index in [0.717, 1.165) is 44.6 Å². The number of ether oxygens (including phenoxy) is 1. The van der Waals surface area contributed by atoms with Gasteiger partial charge in [0.15, 0.2) is 0 Å². The number of carbonyl (C=O) groups is 2. The predicted octanol–water partition coefficient (Wildman–Crippen LogP) is 6.38. The fourth-order valence-corrected chi connectivity index (χ4v) is 5.32. The number of carbonyl (C=O) groups excluding carboxylic acids is 2. The molecule has 1 unspecified atom stereocenters. The van der Waals surface area contributed by atoms with Gasteiger partial charge in [-0.15, -0.1) is 0 Å². The minimum Gasteiger partial charge on any atom is -0.490 e. The van der Waals surface area contributed by atoms with Crippen molar-refractivity contribution in [1.29, 1.82) is 5.41 Å². The molecule has 2 aromatic rings. The van der Waals surface area contributed by atoms with E-state index in [0.29, 0.717) is 13.0 Å². The van der Waals surface area contributed by atoms with Crippen molar-refractivity contribution in [3.63, 3.8) is 0 Å². The molecular formula is C29H36F2N4O4. The number of aliphatic hydroxyl groups excluding tert-OH is 1. The average Bonchev–Trinajstić information content (AvgIpc) is 2.94. The number of hydrogen-bond donors (Lipinski definition) is 4. The van der Waals surface area contributed by atoms with Crippen LogP contribution < -0.4 is 15.4 Å². The zero-order valence-corrected chi connectivity index (χ0v) is 22.2. The van der Waals surface area contributed by atoms with E-state index in [2.05, 4.69) is 10.6 Å². The second kappa shape index (κ2) is 13.0. The minimum atomic E-state index is -0.838. The Morgan fingerprint density at radius 3 is 2.59 bits per heavy atom. The van der Waals surface area contributed by atoms with Crippen molar-refractivity contribution in [2.45, 2.75) is 77.7 Å². The van der Waals surface area contributed by atoms with Gasteiger partial charge in [-0.2, -0.15) is 0 Å². The summed E-state index contributed by atoms with van der Waals surface area (Å²) in [5.74, 6) is -0.986. The Bertz CT molecular complexity index is 1220. The first-order valence-corrected chi connectivity index (χ1v) is 13.6. The number of benzene rings is 2. The molecule has 1 saturated heterocycles. The summed E-state index contributed by atoms with van der Waals surface area (Å²) in [7, 11) is 0. The molecule has 4 N–H and O–H groups in total. The number of amidine groups is 1. The molecule has 10 heteroatoms. The number of anilines is 2. The number of aliphatic hydroxyl groups is 1. The van der Waals surface area contributed by atoms with Gasteiger partial charge in [0.25, 0.3) is 5.91 Å². The average molecular weight is 543 g/mol. The van der Waals surface area contributed by atoms with E-state index in [-0.39, 0.29) is 51.7 Å². The molecule has 0 bridgehead atoms. The molecule has 2 fully saturated rings. The van der Waals surface area contributed by atoms with E-state index < -0.39 is 31.0 Å². The van der Waals surface area contributed by atoms with Crippen LogP contribution in [0, 0.1) is 17.1 Å².